The molecule has 0 aliphatic carbocycles. The van der Waals surface area contributed by atoms with Crippen molar-refractivity contribution in [1.29, 1.82) is 0 Å². The largest absolute Gasteiger partial charge is 0.344 e. The maximum Gasteiger partial charge on any atom is 0.252 e. The van der Waals surface area contributed by atoms with Gasteiger partial charge in [0.25, 0.3) is 5.91 Å². The van der Waals surface area contributed by atoms with Crippen molar-refractivity contribution in [2.24, 2.45) is 0 Å². The molecule has 0 aliphatic heterocycles. The van der Waals surface area contributed by atoms with Gasteiger partial charge < -0.3 is 5.32 Å². The van der Waals surface area contributed by atoms with Crippen molar-refractivity contribution in [3.8, 4) is 0 Å². The van der Waals surface area contributed by atoms with Crippen LogP contribution in [0.4, 0.5) is 0 Å². The quantitative estimate of drug-likeness (QED) is 0.857. The van der Waals surface area contributed by atoms with Gasteiger partial charge in [-0.25, -0.2) is 0 Å². The molecule has 1 aromatic carbocycles. The molecule has 5 heteroatoms. The molecule has 0 radical (unpaired) electrons. The van der Waals surface area contributed by atoms with Gasteiger partial charge in [-0.05, 0) is 18.6 Å². The molecule has 0 aliphatic rings. The molecule has 0 saturated carbocycles. The van der Waals surface area contributed by atoms with Crippen LogP contribution in [-0.4, -0.2) is 28.2 Å². The lowest BCUT2D eigenvalue weighted by molar-refractivity contribution is 0.0915. The minimum absolute atomic E-state index is 0.174. The molecule has 0 unspecified atom stereocenters. The summed E-state index contributed by atoms with van der Waals surface area (Å²) in [4.78, 5) is 16.7. The maximum atomic E-state index is 12.5. The number of carbonyl (C=O) groups excluding carboxylic acids is 1. The van der Waals surface area contributed by atoms with E-state index in [2.05, 4.69) is 10.3 Å². The van der Waals surface area contributed by atoms with Crippen molar-refractivity contribution >= 4 is 40.0 Å². The van der Waals surface area contributed by atoms with Crippen molar-refractivity contribution in [1.82, 2.24) is 10.3 Å². The van der Waals surface area contributed by atoms with E-state index in [-0.39, 0.29) is 17.7 Å². The lowest BCUT2D eigenvalue weighted by atomic mass is 10.00. The zero-order valence-electron chi connectivity index (χ0n) is 11.2. The van der Waals surface area contributed by atoms with E-state index in [9.17, 15) is 4.79 Å². The van der Waals surface area contributed by atoms with Crippen LogP contribution in [0, 0.1) is 0 Å². The minimum atomic E-state index is -0.579. The van der Waals surface area contributed by atoms with E-state index in [4.69, 9.17) is 23.2 Å². The van der Waals surface area contributed by atoms with E-state index in [1.54, 1.807) is 12.3 Å². The Bertz CT molecular complexity index is 598. The first-order valence-corrected chi connectivity index (χ1v) is 7.51. The van der Waals surface area contributed by atoms with Gasteiger partial charge in [-0.1, -0.05) is 25.1 Å². The molecule has 1 aromatic heterocycles. The Hall–Kier alpha value is -1.32. The van der Waals surface area contributed by atoms with E-state index in [1.807, 2.05) is 31.2 Å². The summed E-state index contributed by atoms with van der Waals surface area (Å²) >= 11 is 11.9. The summed E-state index contributed by atoms with van der Waals surface area (Å²) in [7, 11) is 0. The molecule has 0 atom stereocenters. The number of pyridine rings is 1. The van der Waals surface area contributed by atoms with Gasteiger partial charge in [0, 0.05) is 23.3 Å². The third kappa shape index (κ3) is 2.89. The van der Waals surface area contributed by atoms with Crippen molar-refractivity contribution in [3.05, 3.63) is 42.1 Å². The lowest BCUT2D eigenvalue weighted by Crippen LogP contribution is -2.51. The third-order valence-electron chi connectivity index (χ3n) is 3.46. The molecule has 0 saturated heterocycles. The van der Waals surface area contributed by atoms with Crippen LogP contribution in [0.25, 0.3) is 10.9 Å². The maximum absolute atomic E-state index is 12.5. The first-order chi connectivity index (χ1) is 9.65. The van der Waals surface area contributed by atoms with Gasteiger partial charge in [0.15, 0.2) is 0 Å². The topological polar surface area (TPSA) is 42.0 Å². The highest BCUT2D eigenvalue weighted by atomic mass is 35.5. The van der Waals surface area contributed by atoms with Crippen LogP contribution in [0.15, 0.2) is 36.5 Å². The summed E-state index contributed by atoms with van der Waals surface area (Å²) in [6.45, 7) is 1.95. The molecule has 2 rings (SSSR count). The third-order valence-corrected chi connectivity index (χ3v) is 4.48. The fraction of sp³-hybridized carbons (Fsp3) is 0.333. The van der Waals surface area contributed by atoms with Crippen molar-refractivity contribution < 1.29 is 4.79 Å². The molecule has 0 fully saturated rings. The molecule has 106 valence electrons. The van der Waals surface area contributed by atoms with Gasteiger partial charge >= 0.3 is 0 Å². The molecule has 3 nitrogen and oxygen atoms in total. The van der Waals surface area contributed by atoms with E-state index >= 15 is 0 Å². The number of nitrogens with zero attached hydrogens (tertiary/aromatic N) is 1. The molecule has 1 amide bonds. The van der Waals surface area contributed by atoms with Crippen molar-refractivity contribution in [3.63, 3.8) is 0 Å². The van der Waals surface area contributed by atoms with E-state index in [0.29, 0.717) is 12.0 Å². The highest BCUT2D eigenvalue weighted by Gasteiger charge is 2.29. The van der Waals surface area contributed by atoms with Crippen LogP contribution in [0.5, 0.6) is 0 Å². The smallest absolute Gasteiger partial charge is 0.252 e. The van der Waals surface area contributed by atoms with Crippen LogP contribution in [0.1, 0.15) is 23.7 Å². The number of carbonyl (C=O) groups is 1. The molecule has 0 bridgehead atoms. The molecule has 2 aromatic rings. The average Bonchev–Trinajstić information content (AvgIpc) is 2.52. The second kappa shape index (κ2) is 6.42. The fourth-order valence-electron chi connectivity index (χ4n) is 1.98. The van der Waals surface area contributed by atoms with Gasteiger partial charge in [-0.2, -0.15) is 0 Å². The molecular weight excluding hydrogens is 295 g/mol. The SMILES string of the molecule is CCC(CCl)(CCl)NC(=O)c1ccnc2ccccc12. The minimum Gasteiger partial charge on any atom is -0.344 e. The molecule has 20 heavy (non-hydrogen) atoms. The number of benzene rings is 1. The van der Waals surface area contributed by atoms with Crippen molar-refractivity contribution in [2.75, 3.05) is 11.8 Å². The number of alkyl halides is 2. The number of hydrogen-bond acceptors (Lipinski definition) is 2. The fourth-order valence-corrected chi connectivity index (χ4v) is 2.78. The van der Waals surface area contributed by atoms with Gasteiger partial charge in [0.1, 0.15) is 0 Å². The standard InChI is InChI=1S/C15H16Cl2N2O/c1-2-15(9-16,10-17)19-14(20)12-7-8-18-13-6-4-3-5-11(12)13/h3-8H,2,9-10H2,1H3,(H,19,20). The number of para-hydroxylation sites is 1. The zero-order valence-corrected chi connectivity index (χ0v) is 12.7. The second-order valence-corrected chi connectivity index (χ2v) is 5.27. The summed E-state index contributed by atoms with van der Waals surface area (Å²) in [5, 5.41) is 3.78. The zero-order chi connectivity index (χ0) is 14.6. The Morgan fingerprint density at radius 3 is 2.60 bits per heavy atom. The molecular formula is C15H16Cl2N2O. The Balaban J connectivity index is 2.37. The number of hydrogen-bond donors (Lipinski definition) is 1. The first-order valence-electron chi connectivity index (χ1n) is 6.44. The normalized spacial score (nSPS) is 11.6. The average molecular weight is 311 g/mol. The van der Waals surface area contributed by atoms with Gasteiger partial charge in [0.05, 0.1) is 16.6 Å². The number of amides is 1. The Kier molecular flexibility index (Phi) is 4.84. The van der Waals surface area contributed by atoms with Crippen molar-refractivity contribution in [2.45, 2.75) is 18.9 Å². The monoisotopic (exact) mass is 310 g/mol. The summed E-state index contributed by atoms with van der Waals surface area (Å²) < 4.78 is 0. The van der Waals surface area contributed by atoms with Crippen LogP contribution >= 0.6 is 23.2 Å². The number of fused-ring (bicyclic) bond motifs is 1. The number of rotatable bonds is 5. The molecule has 1 heterocycles. The summed E-state index contributed by atoms with van der Waals surface area (Å²) in [6, 6.07) is 9.25. The Labute approximate surface area is 128 Å². The summed E-state index contributed by atoms with van der Waals surface area (Å²) in [5.41, 5.74) is 0.799. The summed E-state index contributed by atoms with van der Waals surface area (Å²) in [6.07, 6.45) is 2.31. The molecule has 1 N–H and O–H groups in total. The summed E-state index contributed by atoms with van der Waals surface area (Å²) in [5.74, 6) is 0.385. The van der Waals surface area contributed by atoms with E-state index in [1.165, 1.54) is 0 Å². The highest BCUT2D eigenvalue weighted by molar-refractivity contribution is 6.22. The number of nitrogens with one attached hydrogen (secondary N) is 1. The molecule has 0 spiro atoms. The lowest BCUT2D eigenvalue weighted by Gasteiger charge is -2.29. The van der Waals surface area contributed by atoms with Gasteiger partial charge in [-0.15, -0.1) is 23.2 Å². The van der Waals surface area contributed by atoms with Crippen LogP contribution < -0.4 is 5.32 Å². The predicted octanol–water partition coefficient (Wildman–Crippen LogP) is 3.59. The second-order valence-electron chi connectivity index (χ2n) is 4.73. The Morgan fingerprint density at radius 1 is 1.25 bits per heavy atom. The van der Waals surface area contributed by atoms with Crippen LogP contribution in [-0.2, 0) is 0 Å². The first kappa shape index (κ1) is 15.1. The highest BCUT2D eigenvalue weighted by Crippen LogP contribution is 2.19. The van der Waals surface area contributed by atoms with Gasteiger partial charge in [-0.3, -0.25) is 9.78 Å². The van der Waals surface area contributed by atoms with Crippen LogP contribution in [0.2, 0.25) is 0 Å². The predicted molar refractivity (Wildman–Crippen MR) is 83.7 cm³/mol. The number of aromatic nitrogens is 1. The van der Waals surface area contributed by atoms with Crippen LogP contribution in [0.3, 0.4) is 0 Å². The van der Waals surface area contributed by atoms with E-state index < -0.39 is 5.54 Å². The Morgan fingerprint density at radius 2 is 1.95 bits per heavy atom. The van der Waals surface area contributed by atoms with E-state index in [0.717, 1.165) is 10.9 Å². The van der Waals surface area contributed by atoms with Gasteiger partial charge in [0.2, 0.25) is 0 Å². The number of halogens is 2.